The van der Waals surface area contributed by atoms with E-state index in [4.69, 9.17) is 25.8 Å². The summed E-state index contributed by atoms with van der Waals surface area (Å²) in [5, 5.41) is 4.02. The third-order valence-electron chi connectivity index (χ3n) is 8.62. The summed E-state index contributed by atoms with van der Waals surface area (Å²) in [4.78, 5) is 40.4. The second kappa shape index (κ2) is 15.7. The van der Waals surface area contributed by atoms with E-state index in [-0.39, 0.29) is 22.9 Å². The largest absolute Gasteiger partial charge is 0.490 e. The molecule has 0 radical (unpaired) electrons. The number of nitrogens with zero attached hydrogens (tertiary/aromatic N) is 5. The summed E-state index contributed by atoms with van der Waals surface area (Å²) in [6.07, 6.45) is 3.76. The Morgan fingerprint density at radius 1 is 1.12 bits per heavy atom. The Hall–Kier alpha value is -3.74. The Morgan fingerprint density at radius 2 is 1.90 bits per heavy atom. The molecule has 2 bridgehead atoms. The van der Waals surface area contributed by atoms with Gasteiger partial charge in [-0.2, -0.15) is 0 Å². The maximum absolute atomic E-state index is 14.6. The van der Waals surface area contributed by atoms with Gasteiger partial charge in [-0.05, 0) is 77.8 Å². The van der Waals surface area contributed by atoms with E-state index in [9.17, 15) is 14.0 Å². The van der Waals surface area contributed by atoms with Gasteiger partial charge >= 0.3 is 6.09 Å². The van der Waals surface area contributed by atoms with E-state index in [1.165, 1.54) is 18.5 Å². The molecule has 2 aliphatic rings. The highest BCUT2D eigenvalue weighted by Crippen LogP contribution is 2.37. The molecule has 11 nitrogen and oxygen atoms in total. The molecule has 1 fully saturated rings. The first kappa shape index (κ1) is 35.6. The molecule has 0 aliphatic carbocycles. The minimum absolute atomic E-state index is 0.0228. The number of nitrogens with one attached hydrogen (secondary N) is 1. The van der Waals surface area contributed by atoms with Gasteiger partial charge in [-0.25, -0.2) is 19.2 Å². The van der Waals surface area contributed by atoms with Crippen LogP contribution in [-0.4, -0.2) is 101 Å². The van der Waals surface area contributed by atoms with E-state index in [1.54, 1.807) is 4.90 Å². The van der Waals surface area contributed by atoms with Gasteiger partial charge in [-0.1, -0.05) is 11.6 Å². The number of carbonyl (C=O) groups excluding carboxylic acids is 2. The Morgan fingerprint density at radius 3 is 2.65 bits per heavy atom. The lowest BCUT2D eigenvalue weighted by molar-refractivity contribution is -0.123. The summed E-state index contributed by atoms with van der Waals surface area (Å²) in [6, 6.07) is 6.29. The van der Waals surface area contributed by atoms with Crippen molar-refractivity contribution in [2.24, 2.45) is 0 Å². The normalized spacial score (nSPS) is 18.7. The molecule has 1 saturated heterocycles. The van der Waals surface area contributed by atoms with Crippen LogP contribution in [0.4, 0.5) is 20.7 Å². The number of hydrogen-bond acceptors (Lipinski definition) is 10. The average Bonchev–Trinajstić information content (AvgIpc) is 3.04. The SMILES string of the molecule is C[C@H]1C(=O)CCCCOc2cc3c(ncnc3cc2OCCCN2CCN(C(=O)OC(C)(C)C)CC2)Nc2cc(Cl)c(F)cc2CN1C. The molecular formula is C35H46ClFN6O5. The maximum Gasteiger partial charge on any atom is 0.410 e. The van der Waals surface area contributed by atoms with E-state index >= 15 is 0 Å². The summed E-state index contributed by atoms with van der Waals surface area (Å²) < 4.78 is 32.7. The third-order valence-corrected chi connectivity index (χ3v) is 8.91. The quantitative estimate of drug-likeness (QED) is 0.302. The summed E-state index contributed by atoms with van der Waals surface area (Å²) in [7, 11) is 1.85. The lowest BCUT2D eigenvalue weighted by atomic mass is 10.1. The van der Waals surface area contributed by atoms with Crippen LogP contribution in [0.5, 0.6) is 11.5 Å². The van der Waals surface area contributed by atoms with Gasteiger partial charge in [-0.3, -0.25) is 14.6 Å². The van der Waals surface area contributed by atoms with Crippen molar-refractivity contribution in [1.29, 1.82) is 0 Å². The summed E-state index contributed by atoms with van der Waals surface area (Å²) in [6.45, 7) is 12.3. The first-order valence-corrected chi connectivity index (χ1v) is 17.0. The zero-order valence-electron chi connectivity index (χ0n) is 28.5. The molecule has 1 aromatic heterocycles. The number of likely N-dealkylation sites (N-methyl/N-ethyl adjacent to an activating group) is 1. The van der Waals surface area contributed by atoms with Crippen molar-refractivity contribution in [2.45, 2.75) is 71.6 Å². The lowest BCUT2D eigenvalue weighted by Gasteiger charge is -2.35. The van der Waals surface area contributed by atoms with Crippen molar-refractivity contribution in [1.82, 2.24) is 24.7 Å². The van der Waals surface area contributed by atoms with Gasteiger partial charge in [-0.15, -0.1) is 0 Å². The fourth-order valence-corrected chi connectivity index (χ4v) is 5.91. The predicted octanol–water partition coefficient (Wildman–Crippen LogP) is 6.44. The van der Waals surface area contributed by atoms with Crippen molar-refractivity contribution in [2.75, 3.05) is 58.3 Å². The van der Waals surface area contributed by atoms with Crippen LogP contribution in [0.1, 0.15) is 58.9 Å². The zero-order valence-corrected chi connectivity index (χ0v) is 29.2. The van der Waals surface area contributed by atoms with Crippen LogP contribution < -0.4 is 14.8 Å². The van der Waals surface area contributed by atoms with Gasteiger partial charge in [0, 0.05) is 62.8 Å². The van der Waals surface area contributed by atoms with E-state index < -0.39 is 11.4 Å². The number of rotatable bonds is 5. The molecule has 3 heterocycles. The maximum atomic E-state index is 14.6. The number of amides is 1. The molecule has 2 aromatic carbocycles. The number of ether oxygens (including phenoxy) is 3. The molecule has 1 amide bonds. The molecule has 13 heteroatoms. The van der Waals surface area contributed by atoms with Gasteiger partial charge in [0.15, 0.2) is 11.5 Å². The van der Waals surface area contributed by atoms with Crippen molar-refractivity contribution in [3.63, 3.8) is 0 Å². The van der Waals surface area contributed by atoms with Crippen molar-refractivity contribution in [3.05, 3.63) is 47.0 Å². The van der Waals surface area contributed by atoms with Gasteiger partial charge in [0.25, 0.3) is 0 Å². The van der Waals surface area contributed by atoms with Crippen LogP contribution >= 0.6 is 11.6 Å². The van der Waals surface area contributed by atoms with Gasteiger partial charge < -0.3 is 24.4 Å². The number of ketones is 1. The van der Waals surface area contributed by atoms with Gasteiger partial charge in [0.1, 0.15) is 29.3 Å². The van der Waals surface area contributed by atoms with Crippen LogP contribution in [0.2, 0.25) is 5.02 Å². The zero-order chi connectivity index (χ0) is 34.4. The molecule has 0 unspecified atom stereocenters. The van der Waals surface area contributed by atoms with Crippen LogP contribution in [0.3, 0.4) is 0 Å². The van der Waals surface area contributed by atoms with Crippen LogP contribution in [0.15, 0.2) is 30.6 Å². The number of piperazine rings is 1. The molecule has 0 spiro atoms. The average molecular weight is 685 g/mol. The molecule has 1 atom stereocenters. The van der Waals surface area contributed by atoms with Crippen molar-refractivity contribution < 1.29 is 28.2 Å². The second-order valence-electron chi connectivity index (χ2n) is 13.5. The Labute approximate surface area is 286 Å². The number of halogens is 2. The number of fused-ring (bicyclic) bond motifs is 2. The van der Waals surface area contributed by atoms with Crippen LogP contribution in [-0.2, 0) is 16.1 Å². The third kappa shape index (κ3) is 9.24. The van der Waals surface area contributed by atoms with Crippen molar-refractivity contribution in [3.8, 4) is 11.5 Å². The standard InChI is InChI=1S/C35H46ClFN6O5/c1-23-30(44)9-6-7-15-46-31-18-25-29(38-22-39-33(25)40-28-19-26(36)27(37)17-24(28)21-41(23)5)20-32(31)47-16-8-10-42-11-13-43(14-12-42)34(45)48-35(2,3)4/h17-20,22-23H,6-16,21H2,1-5H3,(H,38,39,40)/t23-/m0/s1. The topological polar surface area (TPSA) is 109 Å². The highest BCUT2D eigenvalue weighted by atomic mass is 35.5. The molecule has 48 heavy (non-hydrogen) atoms. The molecule has 3 aromatic rings. The minimum Gasteiger partial charge on any atom is -0.490 e. The molecule has 2 aliphatic heterocycles. The first-order valence-electron chi connectivity index (χ1n) is 16.6. The Kier molecular flexibility index (Phi) is 11.6. The van der Waals surface area contributed by atoms with Gasteiger partial charge in [0.05, 0.1) is 29.8 Å². The monoisotopic (exact) mass is 684 g/mol. The number of Topliss-reactive ketones (excluding diaryl/α,β-unsaturated/α-hetero) is 1. The van der Waals surface area contributed by atoms with Crippen molar-refractivity contribution >= 4 is 45.9 Å². The number of aromatic nitrogens is 2. The van der Waals surface area contributed by atoms with Gasteiger partial charge in [0.2, 0.25) is 0 Å². The summed E-state index contributed by atoms with van der Waals surface area (Å²) >= 11 is 6.21. The number of hydrogen-bond donors (Lipinski definition) is 1. The second-order valence-corrected chi connectivity index (χ2v) is 13.9. The van der Waals surface area contributed by atoms with E-state index in [0.29, 0.717) is 91.6 Å². The lowest BCUT2D eigenvalue weighted by Crippen LogP contribution is -2.50. The first-order chi connectivity index (χ1) is 22.9. The van der Waals surface area contributed by atoms with Crippen LogP contribution in [0.25, 0.3) is 10.9 Å². The molecule has 0 saturated carbocycles. The van der Waals surface area contributed by atoms with Crippen LogP contribution in [0, 0.1) is 5.82 Å². The summed E-state index contributed by atoms with van der Waals surface area (Å²) in [5.41, 5.74) is 1.36. The number of carbonyl (C=O) groups is 2. The van der Waals surface area contributed by atoms with E-state index in [1.807, 2.05) is 51.8 Å². The van der Waals surface area contributed by atoms with E-state index in [0.717, 1.165) is 26.1 Å². The molecular weight excluding hydrogens is 639 g/mol. The molecule has 5 rings (SSSR count). The fourth-order valence-electron chi connectivity index (χ4n) is 5.75. The highest BCUT2D eigenvalue weighted by molar-refractivity contribution is 6.31. The summed E-state index contributed by atoms with van der Waals surface area (Å²) in [5.74, 6) is 1.20. The predicted molar refractivity (Wildman–Crippen MR) is 184 cm³/mol. The number of benzene rings is 2. The Bertz CT molecular complexity index is 1610. The molecule has 1 N–H and O–H groups in total. The highest BCUT2D eigenvalue weighted by Gasteiger charge is 2.26. The smallest absolute Gasteiger partial charge is 0.410 e. The number of anilines is 2. The fraction of sp³-hybridized carbons (Fsp3) is 0.543. The minimum atomic E-state index is -0.535. The van der Waals surface area contributed by atoms with E-state index in [2.05, 4.69) is 20.2 Å². The Balaban J connectivity index is 1.31. The molecule has 260 valence electrons.